The van der Waals surface area contributed by atoms with Crippen molar-refractivity contribution < 1.29 is 8.81 Å². The summed E-state index contributed by atoms with van der Waals surface area (Å²) in [6.45, 7) is 9.52. The summed E-state index contributed by atoms with van der Waals surface area (Å²) in [7, 11) is 0. The van der Waals surface area contributed by atoms with E-state index in [9.17, 15) is 4.39 Å². The Morgan fingerprint density at radius 3 is 2.42 bits per heavy atom. The fourth-order valence-corrected chi connectivity index (χ4v) is 4.82. The van der Waals surface area contributed by atoms with Crippen LogP contribution < -0.4 is 0 Å². The molecule has 0 amide bonds. The van der Waals surface area contributed by atoms with E-state index in [4.69, 9.17) is 4.42 Å². The van der Waals surface area contributed by atoms with E-state index in [-0.39, 0.29) is 11.9 Å². The predicted molar refractivity (Wildman–Crippen MR) is 128 cm³/mol. The van der Waals surface area contributed by atoms with Crippen LogP contribution in [-0.4, -0.2) is 52.7 Å². The van der Waals surface area contributed by atoms with Gasteiger partial charge in [-0.3, -0.25) is 10.00 Å². The lowest BCUT2D eigenvalue weighted by Gasteiger charge is -2.39. The summed E-state index contributed by atoms with van der Waals surface area (Å²) in [5.41, 5.74) is 6.59. The molecule has 4 aromatic rings. The molecule has 1 fully saturated rings. The van der Waals surface area contributed by atoms with Crippen molar-refractivity contribution in [1.82, 2.24) is 20.0 Å². The van der Waals surface area contributed by atoms with Crippen LogP contribution in [-0.2, 0) is 0 Å². The fourth-order valence-electron chi connectivity index (χ4n) is 4.82. The average Bonchev–Trinajstić information content (AvgIpc) is 3.53. The lowest BCUT2D eigenvalue weighted by atomic mass is 9.90. The zero-order valence-corrected chi connectivity index (χ0v) is 19.1. The zero-order chi connectivity index (χ0) is 22.8. The maximum atomic E-state index is 13.4. The third-order valence-corrected chi connectivity index (χ3v) is 6.69. The van der Waals surface area contributed by atoms with Gasteiger partial charge in [-0.1, -0.05) is 37.3 Å². The number of piperazine rings is 1. The number of likely N-dealkylation sites (N-methyl/N-ethyl adjacent to an activating group) is 1. The van der Waals surface area contributed by atoms with Crippen LogP contribution in [0, 0.1) is 12.7 Å². The van der Waals surface area contributed by atoms with Gasteiger partial charge in [0.05, 0.1) is 18.5 Å². The Kier molecular flexibility index (Phi) is 6.11. The van der Waals surface area contributed by atoms with Gasteiger partial charge < -0.3 is 9.32 Å². The van der Waals surface area contributed by atoms with E-state index >= 15 is 0 Å². The van der Waals surface area contributed by atoms with Gasteiger partial charge in [-0.25, -0.2) is 4.39 Å². The Labute approximate surface area is 193 Å². The molecule has 2 aromatic heterocycles. The smallest absolute Gasteiger partial charge is 0.151 e. The highest BCUT2D eigenvalue weighted by atomic mass is 19.1. The molecular formula is C27H29FN4O. The highest BCUT2D eigenvalue weighted by Crippen LogP contribution is 2.37. The third kappa shape index (κ3) is 4.36. The summed E-state index contributed by atoms with van der Waals surface area (Å²) in [6.07, 6.45) is 3.62. The number of rotatable bonds is 6. The molecule has 0 aliphatic carbocycles. The van der Waals surface area contributed by atoms with Crippen molar-refractivity contribution >= 4 is 0 Å². The zero-order valence-electron chi connectivity index (χ0n) is 19.1. The van der Waals surface area contributed by atoms with Crippen molar-refractivity contribution in [2.24, 2.45) is 0 Å². The SMILES string of the molecule is CCN1CCN(C(c2ccc(-c3ccc(F)cc3)cc2C)c2cn[nH]c2-c2ccco2)CC1. The van der Waals surface area contributed by atoms with E-state index in [2.05, 4.69) is 52.0 Å². The molecule has 1 N–H and O–H groups in total. The minimum Gasteiger partial charge on any atom is -0.463 e. The second-order valence-corrected chi connectivity index (χ2v) is 8.63. The summed E-state index contributed by atoms with van der Waals surface area (Å²) in [4.78, 5) is 5.03. The van der Waals surface area contributed by atoms with E-state index in [1.807, 2.05) is 30.5 Å². The fraction of sp³-hybridized carbons (Fsp3) is 0.296. The standard InChI is InChI=1S/C27H29FN4O/c1-3-31-12-14-32(15-13-31)27(24-18-29-30-26(24)25-5-4-16-33-25)23-11-8-21(17-19(23)2)20-6-9-22(28)10-7-20/h4-11,16-18,27H,3,12-15H2,1-2H3,(H,29,30). The third-order valence-electron chi connectivity index (χ3n) is 6.69. The van der Waals surface area contributed by atoms with Crippen molar-refractivity contribution in [3.8, 4) is 22.6 Å². The van der Waals surface area contributed by atoms with E-state index < -0.39 is 0 Å². The van der Waals surface area contributed by atoms with Crippen molar-refractivity contribution in [3.05, 3.63) is 89.6 Å². The van der Waals surface area contributed by atoms with Crippen molar-refractivity contribution in [3.63, 3.8) is 0 Å². The number of H-pyrrole nitrogens is 1. The number of benzene rings is 2. The molecule has 2 aromatic carbocycles. The van der Waals surface area contributed by atoms with Gasteiger partial charge in [-0.05, 0) is 60.0 Å². The van der Waals surface area contributed by atoms with Crippen LogP contribution in [0.15, 0.2) is 71.5 Å². The largest absolute Gasteiger partial charge is 0.463 e. The molecule has 0 radical (unpaired) electrons. The first kappa shape index (κ1) is 21.6. The molecule has 1 unspecified atom stereocenters. The van der Waals surface area contributed by atoms with Crippen LogP contribution in [0.25, 0.3) is 22.6 Å². The van der Waals surface area contributed by atoms with E-state index in [0.717, 1.165) is 60.9 Å². The Hall–Kier alpha value is -3.22. The van der Waals surface area contributed by atoms with Crippen LogP contribution in [0.3, 0.4) is 0 Å². The Morgan fingerprint density at radius 1 is 1.00 bits per heavy atom. The summed E-state index contributed by atoms with van der Waals surface area (Å²) in [5, 5.41) is 7.56. The molecule has 1 atom stereocenters. The van der Waals surface area contributed by atoms with Crippen LogP contribution in [0.2, 0.25) is 0 Å². The minimum absolute atomic E-state index is 0.0603. The van der Waals surface area contributed by atoms with E-state index in [1.165, 1.54) is 23.3 Å². The molecule has 1 saturated heterocycles. The average molecular weight is 445 g/mol. The lowest BCUT2D eigenvalue weighted by Crippen LogP contribution is -2.47. The Morgan fingerprint density at radius 2 is 1.76 bits per heavy atom. The molecule has 0 bridgehead atoms. The number of aryl methyl sites for hydroxylation is 1. The molecule has 3 heterocycles. The van der Waals surface area contributed by atoms with Crippen LogP contribution >= 0.6 is 0 Å². The first-order valence-corrected chi connectivity index (χ1v) is 11.5. The van der Waals surface area contributed by atoms with Gasteiger partial charge in [0.2, 0.25) is 0 Å². The predicted octanol–water partition coefficient (Wildman–Crippen LogP) is 5.51. The molecule has 1 aliphatic heterocycles. The van der Waals surface area contributed by atoms with Crippen LogP contribution in [0.5, 0.6) is 0 Å². The number of nitrogens with zero attached hydrogens (tertiary/aromatic N) is 3. The summed E-state index contributed by atoms with van der Waals surface area (Å²) >= 11 is 0. The molecule has 5 nitrogen and oxygen atoms in total. The van der Waals surface area contributed by atoms with Gasteiger partial charge >= 0.3 is 0 Å². The molecule has 33 heavy (non-hydrogen) atoms. The molecule has 6 heteroatoms. The van der Waals surface area contributed by atoms with Crippen molar-refractivity contribution in [2.75, 3.05) is 32.7 Å². The first-order valence-electron chi connectivity index (χ1n) is 11.5. The molecule has 170 valence electrons. The number of nitrogens with one attached hydrogen (secondary N) is 1. The monoisotopic (exact) mass is 444 g/mol. The highest BCUT2D eigenvalue weighted by molar-refractivity contribution is 5.66. The molecule has 0 spiro atoms. The van der Waals surface area contributed by atoms with Gasteiger partial charge in [-0.2, -0.15) is 5.10 Å². The highest BCUT2D eigenvalue weighted by Gasteiger charge is 2.30. The van der Waals surface area contributed by atoms with E-state index in [0.29, 0.717) is 0 Å². The summed E-state index contributed by atoms with van der Waals surface area (Å²) in [5.74, 6) is 0.573. The summed E-state index contributed by atoms with van der Waals surface area (Å²) < 4.78 is 19.1. The Balaban J connectivity index is 1.55. The normalized spacial score (nSPS) is 16.2. The summed E-state index contributed by atoms with van der Waals surface area (Å²) in [6, 6.07) is 17.2. The maximum absolute atomic E-state index is 13.4. The number of furan rings is 1. The van der Waals surface area contributed by atoms with Gasteiger partial charge in [-0.15, -0.1) is 0 Å². The topological polar surface area (TPSA) is 48.3 Å². The van der Waals surface area contributed by atoms with Gasteiger partial charge in [0.15, 0.2) is 5.76 Å². The lowest BCUT2D eigenvalue weighted by molar-refractivity contribution is 0.113. The van der Waals surface area contributed by atoms with Crippen LogP contribution in [0.1, 0.15) is 29.7 Å². The minimum atomic E-state index is -0.219. The number of aromatic amines is 1. The number of hydrogen-bond donors (Lipinski definition) is 1. The van der Waals surface area contributed by atoms with Gasteiger partial charge in [0.25, 0.3) is 0 Å². The number of halogens is 1. The van der Waals surface area contributed by atoms with Gasteiger partial charge in [0, 0.05) is 31.7 Å². The molecule has 5 rings (SSSR count). The van der Waals surface area contributed by atoms with Crippen LogP contribution in [0.4, 0.5) is 4.39 Å². The maximum Gasteiger partial charge on any atom is 0.151 e. The Bertz CT molecular complexity index is 1190. The first-order chi connectivity index (χ1) is 16.1. The molecule has 0 saturated carbocycles. The molecule has 1 aliphatic rings. The second-order valence-electron chi connectivity index (χ2n) is 8.63. The molecular weight excluding hydrogens is 415 g/mol. The van der Waals surface area contributed by atoms with Gasteiger partial charge in [0.1, 0.15) is 11.5 Å². The second kappa shape index (κ2) is 9.33. The quantitative estimate of drug-likeness (QED) is 0.426. The van der Waals surface area contributed by atoms with E-state index in [1.54, 1.807) is 6.26 Å². The van der Waals surface area contributed by atoms with Crippen molar-refractivity contribution in [1.29, 1.82) is 0 Å². The number of hydrogen-bond acceptors (Lipinski definition) is 4. The number of aromatic nitrogens is 2. The van der Waals surface area contributed by atoms with Crippen molar-refractivity contribution in [2.45, 2.75) is 19.9 Å².